The molecule has 0 amide bonds. The molecule has 1 aromatic carbocycles. The fourth-order valence-electron chi connectivity index (χ4n) is 3.34. The summed E-state index contributed by atoms with van der Waals surface area (Å²) in [6.07, 6.45) is 4.74. The van der Waals surface area contributed by atoms with Crippen LogP contribution in [0.4, 0.5) is 11.8 Å². The van der Waals surface area contributed by atoms with Crippen molar-refractivity contribution in [3.63, 3.8) is 0 Å². The first-order valence-electron chi connectivity index (χ1n) is 9.13. The van der Waals surface area contributed by atoms with Crippen LogP contribution in [0, 0.1) is 12.8 Å². The van der Waals surface area contributed by atoms with Crippen molar-refractivity contribution < 1.29 is 0 Å². The van der Waals surface area contributed by atoms with Gasteiger partial charge in [0.2, 0.25) is 5.95 Å². The van der Waals surface area contributed by atoms with E-state index in [0.29, 0.717) is 0 Å². The van der Waals surface area contributed by atoms with Gasteiger partial charge in [0.15, 0.2) is 0 Å². The molecule has 128 valence electrons. The van der Waals surface area contributed by atoms with E-state index in [-0.39, 0.29) is 0 Å². The number of piperidine rings is 1. The molecule has 0 bridgehead atoms. The molecule has 1 aliphatic heterocycles. The molecule has 1 N–H and O–H groups in total. The van der Waals surface area contributed by atoms with Gasteiger partial charge in [0.1, 0.15) is 5.82 Å². The Morgan fingerprint density at radius 1 is 1.12 bits per heavy atom. The number of aromatic nitrogens is 2. The van der Waals surface area contributed by atoms with Crippen molar-refractivity contribution in [2.24, 2.45) is 5.92 Å². The minimum absolute atomic E-state index is 0.762. The SMILES string of the molecule is CCCNc1nc(C)cc(N2CCC(Cc3ccccc3)CC2)n1. The highest BCUT2D eigenvalue weighted by Gasteiger charge is 2.21. The maximum atomic E-state index is 4.71. The Kier molecular flexibility index (Phi) is 5.68. The molecule has 0 radical (unpaired) electrons. The molecule has 2 heterocycles. The van der Waals surface area contributed by atoms with Gasteiger partial charge in [-0.15, -0.1) is 0 Å². The van der Waals surface area contributed by atoms with E-state index in [4.69, 9.17) is 4.98 Å². The topological polar surface area (TPSA) is 41.1 Å². The zero-order chi connectivity index (χ0) is 16.8. The predicted octanol–water partition coefficient (Wildman–Crippen LogP) is 4.07. The molecule has 4 heteroatoms. The van der Waals surface area contributed by atoms with Crippen molar-refractivity contribution in [1.29, 1.82) is 0 Å². The number of nitrogens with zero attached hydrogens (tertiary/aromatic N) is 3. The molecule has 0 spiro atoms. The Balaban J connectivity index is 1.59. The second kappa shape index (κ2) is 8.13. The number of rotatable bonds is 6. The maximum Gasteiger partial charge on any atom is 0.224 e. The van der Waals surface area contributed by atoms with Crippen LogP contribution in [0.25, 0.3) is 0 Å². The van der Waals surface area contributed by atoms with Crippen LogP contribution in [0.3, 0.4) is 0 Å². The van der Waals surface area contributed by atoms with E-state index in [1.807, 2.05) is 6.92 Å². The van der Waals surface area contributed by atoms with Gasteiger partial charge in [-0.05, 0) is 44.1 Å². The van der Waals surface area contributed by atoms with Crippen LogP contribution in [-0.4, -0.2) is 29.6 Å². The Morgan fingerprint density at radius 2 is 1.88 bits per heavy atom. The molecule has 3 rings (SSSR count). The molecule has 0 aliphatic carbocycles. The van der Waals surface area contributed by atoms with E-state index >= 15 is 0 Å². The van der Waals surface area contributed by atoms with E-state index < -0.39 is 0 Å². The zero-order valence-corrected chi connectivity index (χ0v) is 14.8. The van der Waals surface area contributed by atoms with Gasteiger partial charge in [-0.25, -0.2) is 4.98 Å². The van der Waals surface area contributed by atoms with Crippen LogP contribution in [0.5, 0.6) is 0 Å². The van der Waals surface area contributed by atoms with Gasteiger partial charge in [0, 0.05) is 31.4 Å². The third-order valence-electron chi connectivity index (χ3n) is 4.68. The minimum Gasteiger partial charge on any atom is -0.356 e. The summed E-state index contributed by atoms with van der Waals surface area (Å²) in [4.78, 5) is 11.6. The number of hydrogen-bond acceptors (Lipinski definition) is 4. The Morgan fingerprint density at radius 3 is 2.58 bits per heavy atom. The van der Waals surface area contributed by atoms with Crippen LogP contribution in [0.2, 0.25) is 0 Å². The summed E-state index contributed by atoms with van der Waals surface area (Å²) in [7, 11) is 0. The summed E-state index contributed by atoms with van der Waals surface area (Å²) in [6, 6.07) is 13.0. The number of anilines is 2. The lowest BCUT2D eigenvalue weighted by Crippen LogP contribution is -2.35. The van der Waals surface area contributed by atoms with Gasteiger partial charge >= 0.3 is 0 Å². The van der Waals surface area contributed by atoms with E-state index in [2.05, 4.69) is 58.5 Å². The van der Waals surface area contributed by atoms with Gasteiger partial charge in [0.25, 0.3) is 0 Å². The highest BCUT2D eigenvalue weighted by Crippen LogP contribution is 2.25. The third kappa shape index (κ3) is 4.47. The summed E-state index contributed by atoms with van der Waals surface area (Å²) in [5.41, 5.74) is 2.49. The van der Waals surface area contributed by atoms with Crippen molar-refractivity contribution in [1.82, 2.24) is 9.97 Å². The average molecular weight is 324 g/mol. The summed E-state index contributed by atoms with van der Waals surface area (Å²) < 4.78 is 0. The van der Waals surface area contributed by atoms with E-state index in [1.165, 1.54) is 24.8 Å². The van der Waals surface area contributed by atoms with Crippen molar-refractivity contribution in [3.8, 4) is 0 Å². The summed E-state index contributed by atoms with van der Waals surface area (Å²) >= 11 is 0. The molecule has 1 fully saturated rings. The largest absolute Gasteiger partial charge is 0.356 e. The maximum absolute atomic E-state index is 4.71. The summed E-state index contributed by atoms with van der Waals surface area (Å²) in [5.74, 6) is 2.61. The van der Waals surface area contributed by atoms with Crippen LogP contribution in [-0.2, 0) is 6.42 Å². The fraction of sp³-hybridized carbons (Fsp3) is 0.500. The number of benzene rings is 1. The predicted molar refractivity (Wildman–Crippen MR) is 101 cm³/mol. The van der Waals surface area contributed by atoms with E-state index in [0.717, 1.165) is 49.4 Å². The van der Waals surface area contributed by atoms with Gasteiger partial charge in [0.05, 0.1) is 0 Å². The molecular formula is C20H28N4. The molecule has 1 aliphatic rings. The standard InChI is InChI=1S/C20H28N4/c1-3-11-21-20-22-16(2)14-19(23-20)24-12-9-18(10-13-24)15-17-7-5-4-6-8-17/h4-8,14,18H,3,9-13,15H2,1-2H3,(H,21,22,23). The van der Waals surface area contributed by atoms with E-state index in [9.17, 15) is 0 Å². The third-order valence-corrected chi connectivity index (χ3v) is 4.68. The minimum atomic E-state index is 0.762. The summed E-state index contributed by atoms with van der Waals surface area (Å²) in [6.45, 7) is 7.29. The molecule has 1 saturated heterocycles. The fourth-order valence-corrected chi connectivity index (χ4v) is 3.34. The molecule has 1 aromatic heterocycles. The van der Waals surface area contributed by atoms with Gasteiger partial charge in [-0.1, -0.05) is 37.3 Å². The lowest BCUT2D eigenvalue weighted by atomic mass is 9.90. The van der Waals surface area contributed by atoms with Gasteiger partial charge in [-0.2, -0.15) is 4.98 Å². The zero-order valence-electron chi connectivity index (χ0n) is 14.8. The normalized spacial score (nSPS) is 15.5. The monoisotopic (exact) mass is 324 g/mol. The Bertz CT molecular complexity index is 633. The average Bonchev–Trinajstić information content (AvgIpc) is 2.61. The van der Waals surface area contributed by atoms with Crippen LogP contribution < -0.4 is 10.2 Å². The van der Waals surface area contributed by atoms with Crippen molar-refractivity contribution in [3.05, 3.63) is 47.7 Å². The van der Waals surface area contributed by atoms with Crippen LogP contribution in [0.15, 0.2) is 36.4 Å². The van der Waals surface area contributed by atoms with Crippen molar-refractivity contribution in [2.75, 3.05) is 29.9 Å². The molecular weight excluding hydrogens is 296 g/mol. The van der Waals surface area contributed by atoms with Gasteiger partial charge in [-0.3, -0.25) is 0 Å². The first kappa shape index (κ1) is 16.7. The molecule has 0 atom stereocenters. The van der Waals surface area contributed by atoms with Crippen LogP contribution >= 0.6 is 0 Å². The van der Waals surface area contributed by atoms with Crippen molar-refractivity contribution in [2.45, 2.75) is 39.5 Å². The second-order valence-electron chi connectivity index (χ2n) is 6.74. The Labute approximate surface area is 145 Å². The lowest BCUT2D eigenvalue weighted by Gasteiger charge is -2.33. The van der Waals surface area contributed by atoms with Crippen LogP contribution in [0.1, 0.15) is 37.4 Å². The summed E-state index contributed by atoms with van der Waals surface area (Å²) in [5, 5.41) is 3.31. The molecule has 0 saturated carbocycles. The number of aryl methyl sites for hydroxylation is 1. The molecule has 2 aromatic rings. The lowest BCUT2D eigenvalue weighted by molar-refractivity contribution is 0.402. The first-order valence-corrected chi connectivity index (χ1v) is 9.13. The Hall–Kier alpha value is -2.10. The quantitative estimate of drug-likeness (QED) is 0.870. The number of hydrogen-bond donors (Lipinski definition) is 1. The molecule has 24 heavy (non-hydrogen) atoms. The smallest absolute Gasteiger partial charge is 0.224 e. The first-order chi connectivity index (χ1) is 11.7. The number of nitrogens with one attached hydrogen (secondary N) is 1. The highest BCUT2D eigenvalue weighted by atomic mass is 15.2. The highest BCUT2D eigenvalue weighted by molar-refractivity contribution is 5.45. The van der Waals surface area contributed by atoms with E-state index in [1.54, 1.807) is 0 Å². The second-order valence-corrected chi connectivity index (χ2v) is 6.74. The van der Waals surface area contributed by atoms with Crippen molar-refractivity contribution >= 4 is 11.8 Å². The van der Waals surface area contributed by atoms with Gasteiger partial charge < -0.3 is 10.2 Å². The molecule has 0 unspecified atom stereocenters. The molecule has 4 nitrogen and oxygen atoms in total.